The Balaban J connectivity index is 1.58. The number of thiophene rings is 1. The van der Waals surface area contributed by atoms with Crippen LogP contribution < -0.4 is 10.6 Å². The zero-order chi connectivity index (χ0) is 19.4. The van der Waals surface area contributed by atoms with Gasteiger partial charge >= 0.3 is 0 Å². The van der Waals surface area contributed by atoms with Crippen molar-refractivity contribution < 1.29 is 14.0 Å². The number of nitrogens with zero attached hydrogens (tertiary/aromatic N) is 2. The Morgan fingerprint density at radius 2 is 2.04 bits per heavy atom. The monoisotopic (exact) mass is 468 g/mol. The normalized spacial score (nSPS) is 18.6. The molecule has 1 aromatic carbocycles. The fourth-order valence-electron chi connectivity index (χ4n) is 2.18. The van der Waals surface area contributed by atoms with Crippen LogP contribution in [0.4, 0.5) is 10.1 Å². The van der Waals surface area contributed by atoms with Gasteiger partial charge in [0.15, 0.2) is 5.17 Å². The van der Waals surface area contributed by atoms with Crippen molar-refractivity contribution in [1.82, 2.24) is 5.32 Å². The predicted octanol–water partition coefficient (Wildman–Crippen LogP) is 3.99. The maximum atomic E-state index is 12.9. The zero-order valence-electron chi connectivity index (χ0n) is 14.0. The molecule has 10 heteroatoms. The molecular weight excluding hydrogens is 455 g/mol. The summed E-state index contributed by atoms with van der Waals surface area (Å²) in [7, 11) is 0. The molecule has 1 saturated heterocycles. The van der Waals surface area contributed by atoms with E-state index >= 15 is 0 Å². The van der Waals surface area contributed by atoms with Crippen molar-refractivity contribution in [2.24, 2.45) is 10.2 Å². The molecule has 0 spiro atoms. The highest BCUT2D eigenvalue weighted by atomic mass is 79.9. The van der Waals surface area contributed by atoms with Crippen LogP contribution in [0.25, 0.3) is 0 Å². The van der Waals surface area contributed by atoms with Crippen molar-refractivity contribution >= 4 is 67.4 Å². The smallest absolute Gasteiger partial charge is 0.240 e. The van der Waals surface area contributed by atoms with Gasteiger partial charge in [-0.3, -0.25) is 9.59 Å². The molecule has 3 rings (SSSR count). The van der Waals surface area contributed by atoms with Crippen LogP contribution in [-0.2, 0) is 9.59 Å². The summed E-state index contributed by atoms with van der Waals surface area (Å²) in [5.74, 6) is -1.01. The van der Waals surface area contributed by atoms with E-state index in [2.05, 4.69) is 36.8 Å². The number of nitrogens with one attached hydrogen (secondary N) is 2. The summed E-state index contributed by atoms with van der Waals surface area (Å²) >= 11 is 6.09. The molecule has 0 radical (unpaired) electrons. The van der Waals surface area contributed by atoms with E-state index in [1.54, 1.807) is 0 Å². The summed E-state index contributed by atoms with van der Waals surface area (Å²) in [6, 6.07) is 9.28. The average Bonchev–Trinajstić information content (AvgIpc) is 3.21. The third-order valence-electron chi connectivity index (χ3n) is 3.50. The summed E-state index contributed by atoms with van der Waals surface area (Å²) in [6.07, 6.45) is -0.0204. The molecule has 1 aliphatic rings. The summed E-state index contributed by atoms with van der Waals surface area (Å²) in [4.78, 5) is 25.1. The topological polar surface area (TPSA) is 82.9 Å². The first kappa shape index (κ1) is 19.7. The third-order valence-corrected chi connectivity index (χ3v) is 6.30. The molecule has 0 unspecified atom stereocenters. The summed E-state index contributed by atoms with van der Waals surface area (Å²) < 4.78 is 13.9. The van der Waals surface area contributed by atoms with Gasteiger partial charge in [-0.15, -0.1) is 16.4 Å². The minimum absolute atomic E-state index is 0.0204. The van der Waals surface area contributed by atoms with E-state index < -0.39 is 5.25 Å². The van der Waals surface area contributed by atoms with Gasteiger partial charge in [0.1, 0.15) is 11.1 Å². The molecule has 2 amide bonds. The second kappa shape index (κ2) is 8.77. The Kier molecular flexibility index (Phi) is 6.40. The van der Waals surface area contributed by atoms with Gasteiger partial charge < -0.3 is 10.6 Å². The van der Waals surface area contributed by atoms with Gasteiger partial charge in [-0.1, -0.05) is 11.8 Å². The Morgan fingerprint density at radius 3 is 2.70 bits per heavy atom. The van der Waals surface area contributed by atoms with Crippen LogP contribution in [0.3, 0.4) is 0 Å². The fourth-order valence-corrected chi connectivity index (χ4v) is 4.42. The van der Waals surface area contributed by atoms with Crippen LogP contribution in [0.2, 0.25) is 0 Å². The Morgan fingerprint density at radius 1 is 1.30 bits per heavy atom. The van der Waals surface area contributed by atoms with Crippen LogP contribution in [0.1, 0.15) is 18.2 Å². The maximum absolute atomic E-state index is 12.9. The highest BCUT2D eigenvalue weighted by Gasteiger charge is 2.32. The maximum Gasteiger partial charge on any atom is 0.240 e. The van der Waals surface area contributed by atoms with Gasteiger partial charge in [-0.2, -0.15) is 5.10 Å². The lowest BCUT2D eigenvalue weighted by Crippen LogP contribution is -2.28. The standard InChI is InChI=1S/C17H14BrFN4O2S2/c1-9(12-6-7-14(18)26-12)22-23-17-21-16(25)13(27-17)8-15(24)20-11-4-2-10(19)3-5-11/h2-7,13H,8H2,1H3,(H,20,24)(H,21,23,25)/b22-9-/t13-/m1/s1. The van der Waals surface area contributed by atoms with Crippen molar-refractivity contribution in [2.75, 3.05) is 5.32 Å². The van der Waals surface area contributed by atoms with Gasteiger partial charge in [0, 0.05) is 12.1 Å². The molecule has 1 atom stereocenters. The van der Waals surface area contributed by atoms with E-state index in [1.807, 2.05) is 19.1 Å². The first-order valence-electron chi connectivity index (χ1n) is 7.81. The lowest BCUT2D eigenvalue weighted by atomic mass is 10.2. The Bertz CT molecular complexity index is 927. The summed E-state index contributed by atoms with van der Waals surface area (Å²) in [5, 5.41) is 13.2. The molecule has 1 fully saturated rings. The number of rotatable bonds is 5. The number of amides is 2. The lowest BCUT2D eigenvalue weighted by Gasteiger charge is -2.07. The number of hydrogen-bond donors (Lipinski definition) is 2. The van der Waals surface area contributed by atoms with E-state index in [0.29, 0.717) is 10.9 Å². The van der Waals surface area contributed by atoms with E-state index in [4.69, 9.17) is 0 Å². The molecule has 0 aliphatic carbocycles. The highest BCUT2D eigenvalue weighted by molar-refractivity contribution is 9.11. The second-order valence-electron chi connectivity index (χ2n) is 5.55. The molecule has 0 saturated carbocycles. The second-order valence-corrected chi connectivity index (χ2v) is 9.20. The third kappa shape index (κ3) is 5.47. The van der Waals surface area contributed by atoms with Gasteiger partial charge in [0.25, 0.3) is 0 Å². The fraction of sp³-hybridized carbons (Fsp3) is 0.176. The lowest BCUT2D eigenvalue weighted by molar-refractivity contribution is -0.122. The number of hydrogen-bond acceptors (Lipinski definition) is 6. The van der Waals surface area contributed by atoms with Crippen molar-refractivity contribution in [3.63, 3.8) is 0 Å². The first-order chi connectivity index (χ1) is 12.9. The number of anilines is 1. The predicted molar refractivity (Wildman–Crippen MR) is 111 cm³/mol. The first-order valence-corrected chi connectivity index (χ1v) is 10.3. The minimum atomic E-state index is -0.587. The van der Waals surface area contributed by atoms with Crippen molar-refractivity contribution in [3.8, 4) is 0 Å². The molecule has 2 N–H and O–H groups in total. The minimum Gasteiger partial charge on any atom is -0.326 e. The number of carbonyl (C=O) groups excluding carboxylic acids is 2. The summed E-state index contributed by atoms with van der Waals surface area (Å²) in [5.41, 5.74) is 1.20. The average molecular weight is 469 g/mol. The quantitative estimate of drug-likeness (QED) is 0.513. The Labute approximate surface area is 171 Å². The van der Waals surface area contributed by atoms with Gasteiger partial charge in [-0.25, -0.2) is 4.39 Å². The van der Waals surface area contributed by atoms with Gasteiger partial charge in [-0.05, 0) is 59.3 Å². The summed E-state index contributed by atoms with van der Waals surface area (Å²) in [6.45, 7) is 1.83. The van der Waals surface area contributed by atoms with Crippen LogP contribution in [-0.4, -0.2) is 27.9 Å². The molecule has 0 bridgehead atoms. The van der Waals surface area contributed by atoms with Crippen LogP contribution in [0.15, 0.2) is 50.4 Å². The molecule has 140 valence electrons. The molecule has 2 heterocycles. The van der Waals surface area contributed by atoms with Gasteiger partial charge in [0.2, 0.25) is 11.8 Å². The number of benzene rings is 1. The highest BCUT2D eigenvalue weighted by Crippen LogP contribution is 2.25. The SMILES string of the molecule is C/C(=N/N=C1/NC(=O)[C@@H](CC(=O)Nc2ccc(F)cc2)S1)c1ccc(Br)s1. The van der Waals surface area contributed by atoms with Crippen LogP contribution >= 0.6 is 39.0 Å². The number of thioether (sulfide) groups is 1. The number of amidine groups is 1. The van der Waals surface area contributed by atoms with Crippen LogP contribution in [0.5, 0.6) is 0 Å². The molecule has 6 nitrogen and oxygen atoms in total. The molecular formula is C17H14BrFN4O2S2. The largest absolute Gasteiger partial charge is 0.326 e. The van der Waals surface area contributed by atoms with E-state index in [9.17, 15) is 14.0 Å². The Hall–Kier alpha value is -2.04. The number of carbonyl (C=O) groups is 2. The van der Waals surface area contributed by atoms with Crippen molar-refractivity contribution in [3.05, 3.63) is 50.9 Å². The van der Waals surface area contributed by atoms with E-state index in [1.165, 1.54) is 35.6 Å². The van der Waals surface area contributed by atoms with Crippen molar-refractivity contribution in [2.45, 2.75) is 18.6 Å². The molecule has 1 aromatic heterocycles. The van der Waals surface area contributed by atoms with Crippen molar-refractivity contribution in [1.29, 1.82) is 0 Å². The molecule has 2 aromatic rings. The molecule has 1 aliphatic heterocycles. The number of halogens is 2. The van der Waals surface area contributed by atoms with E-state index in [-0.39, 0.29) is 24.1 Å². The zero-order valence-corrected chi connectivity index (χ0v) is 17.3. The van der Waals surface area contributed by atoms with E-state index in [0.717, 1.165) is 26.1 Å². The molecule has 27 heavy (non-hydrogen) atoms. The van der Waals surface area contributed by atoms with Crippen LogP contribution in [0, 0.1) is 5.82 Å². The van der Waals surface area contributed by atoms with Gasteiger partial charge in [0.05, 0.1) is 14.4 Å².